The van der Waals surface area contributed by atoms with E-state index in [4.69, 9.17) is 9.47 Å². The van der Waals surface area contributed by atoms with Crippen LogP contribution in [0.5, 0.6) is 0 Å². The summed E-state index contributed by atoms with van der Waals surface area (Å²) in [6.45, 7) is 7.90. The molecule has 2 atom stereocenters. The van der Waals surface area contributed by atoms with Crippen LogP contribution in [0.15, 0.2) is 6.07 Å². The molecule has 2 aliphatic heterocycles. The highest BCUT2D eigenvalue weighted by atomic mass is 32.1. The summed E-state index contributed by atoms with van der Waals surface area (Å²) in [5.74, 6) is -0.190. The maximum Gasteiger partial charge on any atom is 0.411 e. The van der Waals surface area contributed by atoms with Crippen molar-refractivity contribution in [3.63, 3.8) is 0 Å². The van der Waals surface area contributed by atoms with Crippen molar-refractivity contribution >= 4 is 23.4 Å². The van der Waals surface area contributed by atoms with Crippen LogP contribution >= 0.6 is 11.3 Å². The average molecular weight is 351 g/mol. The average Bonchev–Trinajstić information content (AvgIpc) is 2.99. The lowest BCUT2D eigenvalue weighted by Crippen LogP contribution is -2.44. The van der Waals surface area contributed by atoms with Crippen molar-refractivity contribution in [2.45, 2.75) is 71.1 Å². The van der Waals surface area contributed by atoms with Gasteiger partial charge in [0.15, 0.2) is 0 Å². The highest BCUT2D eigenvalue weighted by Crippen LogP contribution is 2.47. The van der Waals surface area contributed by atoms with Crippen LogP contribution in [0, 0.1) is 0 Å². The maximum atomic E-state index is 12.6. The molecule has 1 amide bonds. The minimum atomic E-state index is -0.486. The van der Waals surface area contributed by atoms with Crippen molar-refractivity contribution in [2.24, 2.45) is 0 Å². The molecule has 0 radical (unpaired) electrons. The Kier molecular flexibility index (Phi) is 4.60. The van der Waals surface area contributed by atoms with Crippen LogP contribution in [0.1, 0.15) is 61.9 Å². The molecule has 6 heteroatoms. The Morgan fingerprint density at radius 2 is 2.08 bits per heavy atom. The van der Waals surface area contributed by atoms with E-state index in [1.165, 1.54) is 10.4 Å². The fourth-order valence-corrected chi connectivity index (χ4v) is 4.86. The van der Waals surface area contributed by atoms with Crippen LogP contribution in [0.2, 0.25) is 0 Å². The van der Waals surface area contributed by atoms with Gasteiger partial charge in [-0.3, -0.25) is 9.69 Å². The summed E-state index contributed by atoms with van der Waals surface area (Å²) in [5.41, 5.74) is 0.708. The van der Waals surface area contributed by atoms with Gasteiger partial charge >= 0.3 is 12.1 Å². The molecule has 3 rings (SSSR count). The quantitative estimate of drug-likeness (QED) is 0.776. The fourth-order valence-electron chi connectivity index (χ4n) is 3.58. The summed E-state index contributed by atoms with van der Waals surface area (Å²) in [6, 6.07) is 2.38. The Labute approximate surface area is 146 Å². The minimum absolute atomic E-state index is 0.0841. The molecule has 132 valence electrons. The number of esters is 1. The van der Waals surface area contributed by atoms with Gasteiger partial charge < -0.3 is 9.47 Å². The van der Waals surface area contributed by atoms with Crippen LogP contribution in [-0.2, 0) is 27.1 Å². The molecule has 2 unspecified atom stereocenters. The smallest absolute Gasteiger partial charge is 0.411 e. The third-order valence-electron chi connectivity index (χ3n) is 4.40. The molecule has 3 heterocycles. The molecule has 1 fully saturated rings. The van der Waals surface area contributed by atoms with E-state index < -0.39 is 5.60 Å². The van der Waals surface area contributed by atoms with E-state index in [1.54, 1.807) is 11.3 Å². The first-order chi connectivity index (χ1) is 11.3. The van der Waals surface area contributed by atoms with E-state index in [2.05, 4.69) is 6.07 Å². The van der Waals surface area contributed by atoms with Gasteiger partial charge in [-0.05, 0) is 52.2 Å². The second-order valence-electron chi connectivity index (χ2n) is 7.41. The molecule has 5 nitrogen and oxygen atoms in total. The molecule has 0 spiro atoms. The number of ether oxygens (including phenoxy) is 2. The second kappa shape index (κ2) is 6.39. The van der Waals surface area contributed by atoms with Crippen LogP contribution < -0.4 is 0 Å². The molecule has 2 bridgehead atoms. The number of carbonyl (C=O) groups excluding carboxylic acids is 2. The van der Waals surface area contributed by atoms with Crippen LogP contribution in [0.4, 0.5) is 4.79 Å². The predicted molar refractivity (Wildman–Crippen MR) is 92.2 cm³/mol. The zero-order chi connectivity index (χ0) is 17.5. The Balaban J connectivity index is 1.78. The van der Waals surface area contributed by atoms with E-state index in [-0.39, 0.29) is 24.1 Å². The summed E-state index contributed by atoms with van der Waals surface area (Å²) in [6.07, 6.45) is 2.93. The lowest BCUT2D eigenvalue weighted by Gasteiger charge is -2.36. The summed E-state index contributed by atoms with van der Waals surface area (Å²) < 4.78 is 10.6. The van der Waals surface area contributed by atoms with Crippen LogP contribution in [0.25, 0.3) is 0 Å². The van der Waals surface area contributed by atoms with Crippen molar-refractivity contribution in [3.05, 3.63) is 21.4 Å². The first kappa shape index (κ1) is 17.3. The molecule has 0 aliphatic carbocycles. The number of carbonyl (C=O) groups is 2. The first-order valence-corrected chi connectivity index (χ1v) is 9.38. The summed E-state index contributed by atoms with van der Waals surface area (Å²) in [4.78, 5) is 28.5. The number of amides is 1. The number of rotatable bonds is 3. The Morgan fingerprint density at radius 1 is 1.33 bits per heavy atom. The summed E-state index contributed by atoms with van der Waals surface area (Å²) >= 11 is 1.68. The normalized spacial score (nSPS) is 22.2. The van der Waals surface area contributed by atoms with Gasteiger partial charge in [-0.1, -0.05) is 0 Å². The Hall–Kier alpha value is -1.56. The van der Waals surface area contributed by atoms with Gasteiger partial charge in [0.1, 0.15) is 5.60 Å². The molecule has 0 N–H and O–H groups in total. The van der Waals surface area contributed by atoms with Crippen molar-refractivity contribution in [3.8, 4) is 0 Å². The van der Waals surface area contributed by atoms with Gasteiger partial charge in [-0.2, -0.15) is 0 Å². The van der Waals surface area contributed by atoms with Gasteiger partial charge in [-0.15, -0.1) is 11.3 Å². The lowest BCUT2D eigenvalue weighted by atomic mass is 10.0. The van der Waals surface area contributed by atoms with E-state index in [1.807, 2.05) is 32.6 Å². The van der Waals surface area contributed by atoms with Crippen LogP contribution in [0.3, 0.4) is 0 Å². The molecule has 0 aromatic carbocycles. The van der Waals surface area contributed by atoms with Crippen molar-refractivity contribution in [1.29, 1.82) is 0 Å². The molecule has 2 aliphatic rings. The molecular weight excluding hydrogens is 326 g/mol. The van der Waals surface area contributed by atoms with E-state index in [0.29, 0.717) is 13.0 Å². The topological polar surface area (TPSA) is 55.8 Å². The monoisotopic (exact) mass is 351 g/mol. The first-order valence-electron chi connectivity index (χ1n) is 8.57. The third-order valence-corrected chi connectivity index (χ3v) is 5.58. The van der Waals surface area contributed by atoms with Gasteiger partial charge in [0.05, 0.1) is 19.1 Å². The van der Waals surface area contributed by atoms with Gasteiger partial charge in [0, 0.05) is 22.2 Å². The number of fused-ring (bicyclic) bond motifs is 4. The molecule has 0 saturated carbocycles. The van der Waals surface area contributed by atoms with E-state index in [9.17, 15) is 9.59 Å². The van der Waals surface area contributed by atoms with Gasteiger partial charge in [0.25, 0.3) is 0 Å². The fraction of sp³-hybridized carbons (Fsp3) is 0.667. The maximum absolute atomic E-state index is 12.6. The van der Waals surface area contributed by atoms with E-state index in [0.717, 1.165) is 24.1 Å². The Morgan fingerprint density at radius 3 is 2.75 bits per heavy atom. The van der Waals surface area contributed by atoms with Gasteiger partial charge in [-0.25, -0.2) is 4.79 Å². The largest absolute Gasteiger partial charge is 0.466 e. The number of nitrogens with zero attached hydrogens (tertiary/aromatic N) is 1. The number of hydrogen-bond acceptors (Lipinski definition) is 5. The summed E-state index contributed by atoms with van der Waals surface area (Å²) in [7, 11) is 0. The molecular formula is C18H25NO4S. The predicted octanol–water partition coefficient (Wildman–Crippen LogP) is 3.85. The molecule has 1 saturated heterocycles. The molecule has 1 aromatic rings. The highest BCUT2D eigenvalue weighted by molar-refractivity contribution is 7.12. The van der Waals surface area contributed by atoms with Crippen molar-refractivity contribution < 1.29 is 19.1 Å². The number of hydrogen-bond donors (Lipinski definition) is 0. The van der Waals surface area contributed by atoms with E-state index >= 15 is 0 Å². The van der Waals surface area contributed by atoms with Crippen LogP contribution in [-0.4, -0.2) is 35.2 Å². The Bertz CT molecular complexity index is 646. The zero-order valence-electron chi connectivity index (χ0n) is 14.8. The zero-order valence-corrected chi connectivity index (χ0v) is 15.6. The van der Waals surface area contributed by atoms with Gasteiger partial charge in [0.2, 0.25) is 0 Å². The standard InChI is InChI=1S/C18H25NO4S/c1-5-22-16(20)10-12-9-13-14-7-6-11(8-15(13)24-12)19(14)17(21)23-18(2,3)4/h9,11,14H,5-8,10H2,1-4H3. The number of thiophene rings is 1. The second-order valence-corrected chi connectivity index (χ2v) is 8.63. The minimum Gasteiger partial charge on any atom is -0.466 e. The molecule has 24 heavy (non-hydrogen) atoms. The SMILES string of the molecule is CCOC(=O)Cc1cc2c(s1)CC1CCC2N1C(=O)OC(C)(C)C. The van der Waals surface area contributed by atoms with Crippen molar-refractivity contribution in [2.75, 3.05) is 6.61 Å². The highest BCUT2D eigenvalue weighted by Gasteiger charge is 2.45. The lowest BCUT2D eigenvalue weighted by molar-refractivity contribution is -0.142. The summed E-state index contributed by atoms with van der Waals surface area (Å²) in [5, 5.41) is 0. The third kappa shape index (κ3) is 3.43. The van der Waals surface area contributed by atoms with Crippen molar-refractivity contribution in [1.82, 2.24) is 4.90 Å². The molecule has 1 aromatic heterocycles.